The van der Waals surface area contributed by atoms with E-state index in [0.717, 1.165) is 5.69 Å². The minimum atomic E-state index is -0.563. The van der Waals surface area contributed by atoms with Gasteiger partial charge >= 0.3 is 0 Å². The second-order valence-electron chi connectivity index (χ2n) is 4.46. The first-order valence-corrected chi connectivity index (χ1v) is 6.04. The molecule has 2 rings (SSSR count). The lowest BCUT2D eigenvalue weighted by Crippen LogP contribution is -2.28. The quantitative estimate of drug-likeness (QED) is 0.843. The molecule has 0 aliphatic heterocycles. The first-order valence-electron chi connectivity index (χ1n) is 6.04. The van der Waals surface area contributed by atoms with Gasteiger partial charge in [-0.3, -0.25) is 9.36 Å². The fraction of sp³-hybridized carbons (Fsp3) is 0.286. The number of carbonyl (C=O) groups is 1. The zero-order chi connectivity index (χ0) is 13.8. The smallest absolute Gasteiger partial charge is 0.272 e. The van der Waals surface area contributed by atoms with Crippen molar-refractivity contribution in [1.82, 2.24) is 9.55 Å². The molecule has 0 saturated heterocycles. The summed E-state index contributed by atoms with van der Waals surface area (Å²) in [5.74, 6) is 0.528. The van der Waals surface area contributed by atoms with Crippen LogP contribution >= 0.6 is 0 Å². The summed E-state index contributed by atoms with van der Waals surface area (Å²) in [5.41, 5.74) is 1.03. The molecule has 0 spiro atoms. The number of nitrogens with zero attached hydrogens (tertiary/aromatic N) is 3. The van der Waals surface area contributed by atoms with E-state index in [2.05, 4.69) is 4.98 Å². The molecule has 1 aromatic heterocycles. The fourth-order valence-corrected chi connectivity index (χ4v) is 1.69. The first kappa shape index (κ1) is 13.1. The molecule has 0 aliphatic rings. The first-order chi connectivity index (χ1) is 9.08. The Hall–Kier alpha value is -2.30. The van der Waals surface area contributed by atoms with Crippen LogP contribution in [0, 0.1) is 0 Å². The molecule has 1 heterocycles. The molecule has 0 radical (unpaired) electrons. The maximum absolute atomic E-state index is 12.0. The van der Waals surface area contributed by atoms with Gasteiger partial charge in [0.1, 0.15) is 12.1 Å². The fourth-order valence-electron chi connectivity index (χ4n) is 1.69. The Balaban J connectivity index is 2.08. The topological polar surface area (TPSA) is 47.4 Å². The minimum Gasteiger partial charge on any atom is -0.481 e. The summed E-state index contributed by atoms with van der Waals surface area (Å²) < 4.78 is 7.08. The summed E-state index contributed by atoms with van der Waals surface area (Å²) in [6.45, 7) is 1.73. The number of rotatable bonds is 4. The van der Waals surface area contributed by atoms with Crippen molar-refractivity contribution in [2.45, 2.75) is 13.0 Å². The van der Waals surface area contributed by atoms with Crippen LogP contribution in [0.1, 0.15) is 11.7 Å². The van der Waals surface area contributed by atoms with Crippen LogP contribution in [-0.2, 0) is 0 Å². The van der Waals surface area contributed by atoms with Crippen LogP contribution in [0.25, 0.3) is 0 Å². The highest BCUT2D eigenvalue weighted by atomic mass is 16.5. The maximum Gasteiger partial charge on any atom is 0.272 e. The molecule has 0 fully saturated rings. The summed E-state index contributed by atoms with van der Waals surface area (Å²) >= 11 is 0. The molecule has 2 aromatic rings. The number of anilines is 1. The predicted molar refractivity (Wildman–Crippen MR) is 73.7 cm³/mol. The van der Waals surface area contributed by atoms with Gasteiger partial charge in [0, 0.05) is 38.2 Å². The van der Waals surface area contributed by atoms with Crippen LogP contribution in [0.4, 0.5) is 5.69 Å². The van der Waals surface area contributed by atoms with Crippen molar-refractivity contribution in [3.63, 3.8) is 0 Å². The Morgan fingerprint density at radius 3 is 2.84 bits per heavy atom. The van der Waals surface area contributed by atoms with Gasteiger partial charge < -0.3 is 9.64 Å². The van der Waals surface area contributed by atoms with Crippen molar-refractivity contribution in [1.29, 1.82) is 0 Å². The van der Waals surface area contributed by atoms with E-state index in [1.165, 1.54) is 10.9 Å². The number of ether oxygens (including phenoxy) is 1. The van der Waals surface area contributed by atoms with Gasteiger partial charge in [-0.2, -0.15) is 0 Å². The Morgan fingerprint density at radius 2 is 2.21 bits per heavy atom. The van der Waals surface area contributed by atoms with E-state index in [1.807, 2.05) is 43.3 Å². The lowest BCUT2D eigenvalue weighted by molar-refractivity contribution is 0.0727. The van der Waals surface area contributed by atoms with Gasteiger partial charge in [-0.1, -0.05) is 6.07 Å². The molecular formula is C14H17N3O2. The van der Waals surface area contributed by atoms with E-state index >= 15 is 0 Å². The molecule has 1 atom stereocenters. The third kappa shape index (κ3) is 3.13. The molecule has 0 saturated carbocycles. The minimum absolute atomic E-state index is 0.146. The number of benzene rings is 1. The average Bonchev–Trinajstić information content (AvgIpc) is 2.92. The van der Waals surface area contributed by atoms with E-state index in [1.54, 1.807) is 19.3 Å². The molecule has 1 unspecified atom stereocenters. The number of aromatic nitrogens is 2. The van der Waals surface area contributed by atoms with Crippen molar-refractivity contribution >= 4 is 11.6 Å². The average molecular weight is 259 g/mol. The second kappa shape index (κ2) is 5.56. The standard InChI is InChI=1S/C14H17N3O2/c1-11(14(18)17-8-7-15-10-17)19-13-6-4-5-12(9-13)16(2)3/h4-11H,1-3H3. The molecule has 0 aliphatic carbocycles. The summed E-state index contributed by atoms with van der Waals surface area (Å²) in [6.07, 6.45) is 4.08. The Kier molecular flexibility index (Phi) is 3.85. The number of hydrogen-bond acceptors (Lipinski definition) is 4. The van der Waals surface area contributed by atoms with Crippen LogP contribution in [-0.4, -0.2) is 35.7 Å². The summed E-state index contributed by atoms with van der Waals surface area (Å²) in [5, 5.41) is 0. The van der Waals surface area contributed by atoms with Gasteiger partial charge in [-0.15, -0.1) is 0 Å². The molecule has 19 heavy (non-hydrogen) atoms. The van der Waals surface area contributed by atoms with E-state index in [0.29, 0.717) is 5.75 Å². The number of imidazole rings is 1. The number of carbonyl (C=O) groups excluding carboxylic acids is 1. The molecular weight excluding hydrogens is 242 g/mol. The highest BCUT2D eigenvalue weighted by molar-refractivity contribution is 5.83. The Morgan fingerprint density at radius 1 is 1.42 bits per heavy atom. The van der Waals surface area contributed by atoms with E-state index < -0.39 is 6.10 Å². The van der Waals surface area contributed by atoms with Crippen molar-refractivity contribution in [3.05, 3.63) is 43.0 Å². The van der Waals surface area contributed by atoms with Crippen LogP contribution in [0.2, 0.25) is 0 Å². The van der Waals surface area contributed by atoms with Crippen LogP contribution in [0.15, 0.2) is 43.0 Å². The second-order valence-corrected chi connectivity index (χ2v) is 4.46. The third-order valence-electron chi connectivity index (χ3n) is 2.75. The Labute approximate surface area is 112 Å². The van der Waals surface area contributed by atoms with E-state index in [-0.39, 0.29) is 5.91 Å². The summed E-state index contributed by atoms with van der Waals surface area (Å²) in [7, 11) is 3.92. The van der Waals surface area contributed by atoms with E-state index in [4.69, 9.17) is 4.74 Å². The highest BCUT2D eigenvalue weighted by Gasteiger charge is 2.16. The molecule has 1 aromatic carbocycles. The van der Waals surface area contributed by atoms with Gasteiger partial charge in [0.2, 0.25) is 0 Å². The summed E-state index contributed by atoms with van der Waals surface area (Å²) in [4.78, 5) is 17.8. The zero-order valence-electron chi connectivity index (χ0n) is 11.3. The van der Waals surface area contributed by atoms with Crippen molar-refractivity contribution in [2.75, 3.05) is 19.0 Å². The molecule has 5 heteroatoms. The van der Waals surface area contributed by atoms with Crippen molar-refractivity contribution in [2.24, 2.45) is 0 Å². The molecule has 0 N–H and O–H groups in total. The van der Waals surface area contributed by atoms with Crippen LogP contribution < -0.4 is 9.64 Å². The molecule has 100 valence electrons. The van der Waals surface area contributed by atoms with Gasteiger partial charge in [0.15, 0.2) is 6.10 Å². The van der Waals surface area contributed by atoms with E-state index in [9.17, 15) is 4.79 Å². The lowest BCUT2D eigenvalue weighted by Gasteiger charge is -2.17. The normalized spacial score (nSPS) is 11.9. The van der Waals surface area contributed by atoms with Gasteiger partial charge in [-0.05, 0) is 19.1 Å². The Bertz CT molecular complexity index is 550. The largest absolute Gasteiger partial charge is 0.481 e. The number of hydrogen-bond donors (Lipinski definition) is 0. The van der Waals surface area contributed by atoms with Gasteiger partial charge in [0.25, 0.3) is 5.91 Å². The van der Waals surface area contributed by atoms with Crippen LogP contribution in [0.5, 0.6) is 5.75 Å². The molecule has 5 nitrogen and oxygen atoms in total. The monoisotopic (exact) mass is 259 g/mol. The zero-order valence-corrected chi connectivity index (χ0v) is 11.3. The molecule has 0 bridgehead atoms. The predicted octanol–water partition coefficient (Wildman–Crippen LogP) is 2.06. The van der Waals surface area contributed by atoms with Gasteiger partial charge in [-0.25, -0.2) is 4.98 Å². The van der Waals surface area contributed by atoms with Crippen LogP contribution in [0.3, 0.4) is 0 Å². The van der Waals surface area contributed by atoms with Gasteiger partial charge in [0.05, 0.1) is 0 Å². The van der Waals surface area contributed by atoms with Crippen molar-refractivity contribution < 1.29 is 9.53 Å². The third-order valence-corrected chi connectivity index (χ3v) is 2.75. The maximum atomic E-state index is 12.0. The SMILES string of the molecule is CC(Oc1cccc(N(C)C)c1)C(=O)n1ccnc1. The molecule has 0 amide bonds. The summed E-state index contributed by atoms with van der Waals surface area (Å²) in [6, 6.07) is 7.62. The van der Waals surface area contributed by atoms with Crippen molar-refractivity contribution in [3.8, 4) is 5.75 Å². The lowest BCUT2D eigenvalue weighted by atomic mass is 10.3. The highest BCUT2D eigenvalue weighted by Crippen LogP contribution is 2.20.